The van der Waals surface area contributed by atoms with Crippen LogP contribution in [0.25, 0.3) is 11.3 Å². The van der Waals surface area contributed by atoms with E-state index in [1.54, 1.807) is 26.4 Å². The van der Waals surface area contributed by atoms with Crippen molar-refractivity contribution in [2.75, 3.05) is 26.6 Å². The third-order valence-electron chi connectivity index (χ3n) is 2.58. The van der Waals surface area contributed by atoms with Crippen LogP contribution < -0.4 is 19.9 Å². The number of methoxy groups -OCH3 is 2. The van der Waals surface area contributed by atoms with Crippen molar-refractivity contribution in [1.82, 2.24) is 5.16 Å². The van der Waals surface area contributed by atoms with E-state index in [4.69, 9.17) is 24.5 Å². The van der Waals surface area contributed by atoms with Gasteiger partial charge in [-0.05, 0) is 19.1 Å². The zero-order valence-electron chi connectivity index (χ0n) is 11.1. The lowest BCUT2D eigenvalue weighted by Crippen LogP contribution is -1.99. The molecule has 2 rings (SSSR count). The molecule has 1 heterocycles. The highest BCUT2D eigenvalue weighted by Gasteiger charge is 2.20. The van der Waals surface area contributed by atoms with Crippen molar-refractivity contribution in [2.24, 2.45) is 0 Å². The summed E-state index contributed by atoms with van der Waals surface area (Å²) in [5.41, 5.74) is 6.28. The molecule has 2 N–H and O–H groups in total. The molecule has 0 bridgehead atoms. The van der Waals surface area contributed by atoms with E-state index in [0.29, 0.717) is 41.0 Å². The van der Waals surface area contributed by atoms with Gasteiger partial charge in [-0.15, -0.1) is 0 Å². The smallest absolute Gasteiger partial charge is 0.204 e. The lowest BCUT2D eigenvalue weighted by molar-refractivity contribution is 0.296. The van der Waals surface area contributed by atoms with Gasteiger partial charge in [0, 0.05) is 6.07 Å². The normalized spacial score (nSPS) is 10.3. The Morgan fingerprint density at radius 2 is 2.00 bits per heavy atom. The van der Waals surface area contributed by atoms with E-state index in [1.807, 2.05) is 13.0 Å². The number of rotatable bonds is 5. The van der Waals surface area contributed by atoms with Gasteiger partial charge in [0.1, 0.15) is 0 Å². The van der Waals surface area contributed by atoms with E-state index in [0.717, 1.165) is 0 Å². The molecule has 0 amide bonds. The van der Waals surface area contributed by atoms with E-state index in [1.165, 1.54) is 0 Å². The Hall–Kier alpha value is -2.37. The number of nitrogen functional groups attached to an aromatic ring is 1. The average molecular weight is 264 g/mol. The topological polar surface area (TPSA) is 79.7 Å². The Morgan fingerprint density at radius 1 is 1.21 bits per heavy atom. The predicted octanol–water partition coefficient (Wildman–Crippen LogP) is 2.34. The molecule has 0 saturated heterocycles. The van der Waals surface area contributed by atoms with Gasteiger partial charge >= 0.3 is 0 Å². The van der Waals surface area contributed by atoms with Crippen molar-refractivity contribution >= 4 is 5.82 Å². The average Bonchev–Trinajstić information content (AvgIpc) is 2.85. The third-order valence-corrected chi connectivity index (χ3v) is 2.58. The van der Waals surface area contributed by atoms with Crippen molar-refractivity contribution < 1.29 is 18.7 Å². The fraction of sp³-hybridized carbons (Fsp3) is 0.308. The van der Waals surface area contributed by atoms with Crippen molar-refractivity contribution in [1.29, 1.82) is 0 Å². The molecule has 0 saturated carbocycles. The zero-order chi connectivity index (χ0) is 13.8. The fourth-order valence-electron chi connectivity index (χ4n) is 1.80. The van der Waals surface area contributed by atoms with E-state index >= 15 is 0 Å². The lowest BCUT2D eigenvalue weighted by atomic mass is 10.1. The molecule has 19 heavy (non-hydrogen) atoms. The SMILES string of the molecule is CCOc1c(-c2cc(N)no2)ccc(OC)c1OC. The summed E-state index contributed by atoms with van der Waals surface area (Å²) in [4.78, 5) is 0. The summed E-state index contributed by atoms with van der Waals surface area (Å²) in [6.07, 6.45) is 0. The number of benzene rings is 1. The van der Waals surface area contributed by atoms with Crippen molar-refractivity contribution in [3.05, 3.63) is 18.2 Å². The second kappa shape index (κ2) is 5.51. The fourth-order valence-corrected chi connectivity index (χ4v) is 1.80. The molecular weight excluding hydrogens is 248 g/mol. The molecule has 6 heteroatoms. The number of anilines is 1. The number of ether oxygens (including phenoxy) is 3. The minimum Gasteiger partial charge on any atom is -0.493 e. The quantitative estimate of drug-likeness (QED) is 0.892. The molecule has 6 nitrogen and oxygen atoms in total. The van der Waals surface area contributed by atoms with Crippen LogP contribution in [0.3, 0.4) is 0 Å². The Balaban J connectivity index is 2.60. The molecule has 0 fully saturated rings. The summed E-state index contributed by atoms with van der Waals surface area (Å²) in [6, 6.07) is 5.21. The van der Waals surface area contributed by atoms with Crippen molar-refractivity contribution in [2.45, 2.75) is 6.92 Å². The first-order chi connectivity index (χ1) is 9.21. The minimum absolute atomic E-state index is 0.312. The van der Waals surface area contributed by atoms with Gasteiger partial charge in [0.25, 0.3) is 0 Å². The maximum absolute atomic E-state index is 5.63. The van der Waals surface area contributed by atoms with Gasteiger partial charge in [-0.1, -0.05) is 5.16 Å². The van der Waals surface area contributed by atoms with Gasteiger partial charge in [0.15, 0.2) is 23.1 Å². The number of nitrogens with zero attached hydrogens (tertiary/aromatic N) is 1. The van der Waals surface area contributed by atoms with Crippen LogP contribution in [-0.2, 0) is 0 Å². The molecule has 1 aromatic heterocycles. The highest BCUT2D eigenvalue weighted by molar-refractivity contribution is 5.74. The third kappa shape index (κ3) is 2.42. The van der Waals surface area contributed by atoms with Gasteiger partial charge in [0.2, 0.25) is 5.75 Å². The van der Waals surface area contributed by atoms with E-state index < -0.39 is 0 Å². The number of hydrogen-bond acceptors (Lipinski definition) is 6. The molecule has 0 atom stereocenters. The van der Waals surface area contributed by atoms with Crippen LogP contribution in [0.1, 0.15) is 6.92 Å². The second-order valence-corrected chi connectivity index (χ2v) is 3.73. The first-order valence-corrected chi connectivity index (χ1v) is 5.81. The van der Waals surface area contributed by atoms with E-state index in [2.05, 4.69) is 5.16 Å². The lowest BCUT2D eigenvalue weighted by Gasteiger charge is -2.15. The number of aromatic nitrogens is 1. The Morgan fingerprint density at radius 3 is 2.53 bits per heavy atom. The Kier molecular flexibility index (Phi) is 3.79. The Labute approximate surface area is 111 Å². The second-order valence-electron chi connectivity index (χ2n) is 3.73. The molecule has 0 aliphatic rings. The van der Waals surface area contributed by atoms with Gasteiger partial charge in [-0.2, -0.15) is 0 Å². The highest BCUT2D eigenvalue weighted by Crippen LogP contribution is 2.44. The summed E-state index contributed by atoms with van der Waals surface area (Å²) >= 11 is 0. The molecule has 0 radical (unpaired) electrons. The van der Waals surface area contributed by atoms with Crippen LogP contribution in [0.4, 0.5) is 5.82 Å². The summed E-state index contributed by atoms with van der Waals surface area (Å²) in [5.74, 6) is 2.47. The number of hydrogen-bond donors (Lipinski definition) is 1. The molecule has 0 aliphatic carbocycles. The first-order valence-electron chi connectivity index (χ1n) is 5.81. The summed E-state index contributed by atoms with van der Waals surface area (Å²) in [6.45, 7) is 2.37. The van der Waals surface area contributed by atoms with E-state index in [9.17, 15) is 0 Å². The molecular formula is C13H16N2O4. The zero-order valence-corrected chi connectivity index (χ0v) is 11.1. The monoisotopic (exact) mass is 264 g/mol. The van der Waals surface area contributed by atoms with Gasteiger partial charge in [0.05, 0.1) is 26.4 Å². The highest BCUT2D eigenvalue weighted by atomic mass is 16.5. The van der Waals surface area contributed by atoms with Crippen LogP contribution in [0, 0.1) is 0 Å². The first kappa shape index (κ1) is 13.1. The van der Waals surface area contributed by atoms with Crippen LogP contribution in [0.15, 0.2) is 22.7 Å². The molecule has 102 valence electrons. The summed E-state index contributed by atoms with van der Waals surface area (Å²) < 4.78 is 21.4. The van der Waals surface area contributed by atoms with Crippen LogP contribution in [0.5, 0.6) is 17.2 Å². The van der Waals surface area contributed by atoms with Crippen molar-refractivity contribution in [3.8, 4) is 28.6 Å². The van der Waals surface area contributed by atoms with Gasteiger partial charge < -0.3 is 24.5 Å². The molecule has 1 aromatic carbocycles. The molecule has 2 aromatic rings. The summed E-state index contributed by atoms with van der Waals surface area (Å²) in [5, 5.41) is 3.67. The summed E-state index contributed by atoms with van der Waals surface area (Å²) in [7, 11) is 3.12. The largest absolute Gasteiger partial charge is 0.493 e. The minimum atomic E-state index is 0.312. The van der Waals surface area contributed by atoms with Crippen LogP contribution in [-0.4, -0.2) is 26.0 Å². The van der Waals surface area contributed by atoms with E-state index in [-0.39, 0.29) is 0 Å². The van der Waals surface area contributed by atoms with Crippen molar-refractivity contribution in [3.63, 3.8) is 0 Å². The van der Waals surface area contributed by atoms with Crippen LogP contribution in [0.2, 0.25) is 0 Å². The number of nitrogens with two attached hydrogens (primary N) is 1. The van der Waals surface area contributed by atoms with Gasteiger partial charge in [-0.3, -0.25) is 0 Å². The predicted molar refractivity (Wildman–Crippen MR) is 70.6 cm³/mol. The Bertz CT molecular complexity index is 566. The molecule has 0 spiro atoms. The van der Waals surface area contributed by atoms with Gasteiger partial charge in [-0.25, -0.2) is 0 Å². The molecule has 0 unspecified atom stereocenters. The maximum Gasteiger partial charge on any atom is 0.204 e. The van der Waals surface area contributed by atoms with Crippen LogP contribution >= 0.6 is 0 Å². The maximum atomic E-state index is 5.63. The standard InChI is InChI=1S/C13H16N2O4/c1-4-18-12-8(10-7-11(14)15-19-10)5-6-9(16-2)13(12)17-3/h5-7H,4H2,1-3H3,(H2,14,15). The molecule has 0 aliphatic heterocycles.